The van der Waals surface area contributed by atoms with E-state index >= 15 is 0 Å². The Labute approximate surface area is 120 Å². The number of nitrogen functional groups attached to an aromatic ring is 1. The van der Waals surface area contributed by atoms with Crippen molar-refractivity contribution in [3.63, 3.8) is 0 Å². The van der Waals surface area contributed by atoms with Gasteiger partial charge in [-0.15, -0.1) is 0 Å². The van der Waals surface area contributed by atoms with Crippen LogP contribution in [0.4, 0.5) is 10.1 Å². The third-order valence-electron chi connectivity index (χ3n) is 2.78. The van der Waals surface area contributed by atoms with Crippen molar-refractivity contribution < 1.29 is 9.18 Å². The minimum absolute atomic E-state index is 0.193. The number of hydrogen-bond donors (Lipinski definition) is 2. The van der Waals surface area contributed by atoms with Crippen LogP contribution in [0.3, 0.4) is 0 Å². The highest BCUT2D eigenvalue weighted by Crippen LogP contribution is 2.14. The molecule has 0 saturated carbocycles. The maximum absolute atomic E-state index is 13.4. The number of nitrogens with two attached hydrogens (primary N) is 1. The monoisotopic (exact) mass is 293 g/mol. The maximum atomic E-state index is 13.4. The number of benzene rings is 1. The van der Waals surface area contributed by atoms with Crippen molar-refractivity contribution in [2.24, 2.45) is 0 Å². The predicted octanol–water partition coefficient (Wildman–Crippen LogP) is 2.43. The van der Waals surface area contributed by atoms with Gasteiger partial charge in [0, 0.05) is 6.54 Å². The molecule has 0 radical (unpaired) electrons. The first-order valence-corrected chi connectivity index (χ1v) is 6.38. The van der Waals surface area contributed by atoms with Crippen molar-refractivity contribution in [1.29, 1.82) is 0 Å². The van der Waals surface area contributed by atoms with Crippen LogP contribution in [0.2, 0.25) is 5.15 Å². The molecule has 0 aliphatic heterocycles. The van der Waals surface area contributed by atoms with E-state index in [1.807, 2.05) is 0 Å². The first-order valence-electron chi connectivity index (χ1n) is 6.00. The first kappa shape index (κ1) is 14.3. The molecule has 1 amide bonds. The second-order valence-corrected chi connectivity index (χ2v) is 4.58. The number of aromatic nitrogens is 1. The molecule has 1 aromatic carbocycles. The van der Waals surface area contributed by atoms with Crippen molar-refractivity contribution in [2.45, 2.75) is 6.42 Å². The second-order valence-electron chi connectivity index (χ2n) is 4.19. The van der Waals surface area contributed by atoms with E-state index in [1.165, 1.54) is 18.3 Å². The summed E-state index contributed by atoms with van der Waals surface area (Å²) in [7, 11) is 0. The van der Waals surface area contributed by atoms with Crippen LogP contribution in [0.15, 0.2) is 36.5 Å². The van der Waals surface area contributed by atoms with Crippen LogP contribution in [0, 0.1) is 5.82 Å². The fraction of sp³-hybridized carbons (Fsp3) is 0.143. The van der Waals surface area contributed by atoms with Crippen LogP contribution in [0.25, 0.3) is 0 Å². The Bertz CT molecular complexity index is 634. The van der Waals surface area contributed by atoms with Crippen LogP contribution in [-0.2, 0) is 6.42 Å². The molecule has 0 spiro atoms. The zero-order valence-electron chi connectivity index (χ0n) is 10.6. The highest BCUT2D eigenvalue weighted by molar-refractivity contribution is 6.29. The molecule has 0 unspecified atom stereocenters. The topological polar surface area (TPSA) is 68.0 Å². The molecular formula is C14H13ClFN3O. The molecular weight excluding hydrogens is 281 g/mol. The molecule has 0 aliphatic rings. The zero-order valence-corrected chi connectivity index (χ0v) is 11.3. The molecule has 6 heteroatoms. The lowest BCUT2D eigenvalue weighted by Gasteiger charge is -2.08. The number of rotatable bonds is 4. The van der Waals surface area contributed by atoms with Gasteiger partial charge in [-0.1, -0.05) is 29.8 Å². The number of anilines is 1. The fourth-order valence-corrected chi connectivity index (χ4v) is 1.90. The highest BCUT2D eigenvalue weighted by Gasteiger charge is 2.10. The second kappa shape index (κ2) is 6.34. The van der Waals surface area contributed by atoms with Crippen LogP contribution in [-0.4, -0.2) is 17.4 Å². The van der Waals surface area contributed by atoms with Gasteiger partial charge in [-0.05, 0) is 24.1 Å². The van der Waals surface area contributed by atoms with Crippen molar-refractivity contribution in [2.75, 3.05) is 12.3 Å². The highest BCUT2D eigenvalue weighted by atomic mass is 35.5. The summed E-state index contributed by atoms with van der Waals surface area (Å²) in [6.07, 6.45) is 1.73. The van der Waals surface area contributed by atoms with Crippen LogP contribution >= 0.6 is 11.6 Å². The lowest BCUT2D eigenvalue weighted by atomic mass is 10.1. The van der Waals surface area contributed by atoms with E-state index in [-0.39, 0.29) is 28.1 Å². The molecule has 0 fully saturated rings. The molecule has 0 bridgehead atoms. The van der Waals surface area contributed by atoms with Crippen molar-refractivity contribution in [3.8, 4) is 0 Å². The van der Waals surface area contributed by atoms with Gasteiger partial charge >= 0.3 is 0 Å². The van der Waals surface area contributed by atoms with Crippen molar-refractivity contribution in [3.05, 3.63) is 58.6 Å². The standard InChI is InChI=1S/C14H13ClFN3O/c15-13-7-10(12(17)8-19-13)14(20)18-6-5-9-3-1-2-4-11(9)16/h1-4,7-8H,5-6,17H2,(H,18,20). The fourth-order valence-electron chi connectivity index (χ4n) is 1.74. The Morgan fingerprint density at radius 3 is 2.90 bits per heavy atom. The number of hydrogen-bond acceptors (Lipinski definition) is 3. The van der Waals surface area contributed by atoms with Gasteiger partial charge in [-0.2, -0.15) is 0 Å². The minimum Gasteiger partial charge on any atom is -0.397 e. The van der Waals surface area contributed by atoms with E-state index in [4.69, 9.17) is 17.3 Å². The third-order valence-corrected chi connectivity index (χ3v) is 2.99. The van der Waals surface area contributed by atoms with Gasteiger partial charge in [0.1, 0.15) is 11.0 Å². The Morgan fingerprint density at radius 2 is 2.15 bits per heavy atom. The number of nitrogens with one attached hydrogen (secondary N) is 1. The van der Waals surface area contributed by atoms with E-state index in [2.05, 4.69) is 10.3 Å². The van der Waals surface area contributed by atoms with Gasteiger partial charge in [-0.25, -0.2) is 9.37 Å². The summed E-state index contributed by atoms with van der Waals surface area (Å²) in [6.45, 7) is 0.305. The van der Waals surface area contributed by atoms with Gasteiger partial charge < -0.3 is 11.1 Å². The van der Waals surface area contributed by atoms with Gasteiger partial charge in [0.25, 0.3) is 5.91 Å². The van der Waals surface area contributed by atoms with Crippen LogP contribution in [0.5, 0.6) is 0 Å². The van der Waals surface area contributed by atoms with E-state index in [0.717, 1.165) is 0 Å². The summed E-state index contributed by atoms with van der Waals surface area (Å²) in [5.74, 6) is -0.642. The number of carbonyl (C=O) groups is 1. The number of halogens is 2. The predicted molar refractivity (Wildman–Crippen MR) is 76.1 cm³/mol. The number of nitrogens with zero attached hydrogens (tertiary/aromatic N) is 1. The molecule has 4 nitrogen and oxygen atoms in total. The molecule has 104 valence electrons. The lowest BCUT2D eigenvalue weighted by molar-refractivity contribution is 0.0955. The van der Waals surface area contributed by atoms with Gasteiger partial charge in [0.15, 0.2) is 0 Å². The van der Waals surface area contributed by atoms with E-state index < -0.39 is 0 Å². The van der Waals surface area contributed by atoms with Crippen LogP contribution < -0.4 is 11.1 Å². The summed E-state index contributed by atoms with van der Waals surface area (Å²) >= 11 is 5.72. The molecule has 2 rings (SSSR count). The summed E-state index contributed by atoms with van der Waals surface area (Å²) < 4.78 is 13.4. The van der Waals surface area contributed by atoms with Crippen LogP contribution in [0.1, 0.15) is 15.9 Å². The SMILES string of the molecule is Nc1cnc(Cl)cc1C(=O)NCCc1ccccc1F. The average molecular weight is 294 g/mol. The zero-order chi connectivity index (χ0) is 14.5. The summed E-state index contributed by atoms with van der Waals surface area (Å²) in [4.78, 5) is 15.7. The molecule has 0 aliphatic carbocycles. The lowest BCUT2D eigenvalue weighted by Crippen LogP contribution is -2.26. The molecule has 1 aromatic heterocycles. The maximum Gasteiger partial charge on any atom is 0.253 e. The smallest absolute Gasteiger partial charge is 0.253 e. The Morgan fingerprint density at radius 1 is 1.40 bits per heavy atom. The molecule has 0 atom stereocenters. The van der Waals surface area contributed by atoms with Gasteiger partial charge in [0.2, 0.25) is 0 Å². The van der Waals surface area contributed by atoms with Gasteiger partial charge in [0.05, 0.1) is 17.4 Å². The molecule has 2 aromatic rings. The number of pyridine rings is 1. The molecule has 20 heavy (non-hydrogen) atoms. The summed E-state index contributed by atoms with van der Waals surface area (Å²) in [6, 6.07) is 7.84. The van der Waals surface area contributed by atoms with Crippen molar-refractivity contribution in [1.82, 2.24) is 10.3 Å². The summed E-state index contributed by atoms with van der Waals surface area (Å²) in [5.41, 5.74) is 6.72. The molecule has 3 N–H and O–H groups in total. The number of carbonyl (C=O) groups excluding carboxylic acids is 1. The third kappa shape index (κ3) is 3.45. The average Bonchev–Trinajstić information content (AvgIpc) is 2.43. The largest absolute Gasteiger partial charge is 0.397 e. The number of amides is 1. The Balaban J connectivity index is 1.96. The van der Waals surface area contributed by atoms with Gasteiger partial charge in [-0.3, -0.25) is 4.79 Å². The van der Waals surface area contributed by atoms with E-state index in [0.29, 0.717) is 18.5 Å². The van der Waals surface area contributed by atoms with Crippen molar-refractivity contribution >= 4 is 23.2 Å². The summed E-state index contributed by atoms with van der Waals surface area (Å²) in [5, 5.41) is 2.86. The molecule has 1 heterocycles. The quantitative estimate of drug-likeness (QED) is 0.851. The minimum atomic E-state index is -0.358. The Hall–Kier alpha value is -2.14. The Kier molecular flexibility index (Phi) is 4.53. The normalized spacial score (nSPS) is 10.3. The van der Waals surface area contributed by atoms with E-state index in [1.54, 1.807) is 18.2 Å². The first-order chi connectivity index (χ1) is 9.58. The molecule has 0 saturated heterocycles. The van der Waals surface area contributed by atoms with E-state index in [9.17, 15) is 9.18 Å².